The number of rotatable bonds is 1. The van der Waals surface area contributed by atoms with Crippen LogP contribution in [0.15, 0.2) is 0 Å². The Morgan fingerprint density at radius 3 is 2.50 bits per heavy atom. The molecule has 1 aliphatic heterocycles. The molecule has 88 valence electrons. The van der Waals surface area contributed by atoms with Gasteiger partial charge in [0, 0.05) is 18.0 Å². The molecule has 1 fully saturated rings. The molecule has 0 atom stereocenters. The number of nitrogens with two attached hydrogens (primary N) is 1. The molecule has 0 saturated carbocycles. The zero-order valence-corrected chi connectivity index (χ0v) is 10.4. The standard InChI is InChI=1S/C11H16N2O2S/c1-7-8(2)16-10(12)9(7)11(14)13-3-5-15-6-4-13/h3-6,12H2,1-2H3. The first kappa shape index (κ1) is 11.4. The molecule has 1 aliphatic rings. The van der Waals surface area contributed by atoms with Crippen molar-refractivity contribution in [2.45, 2.75) is 13.8 Å². The lowest BCUT2D eigenvalue weighted by Gasteiger charge is -2.27. The summed E-state index contributed by atoms with van der Waals surface area (Å²) < 4.78 is 5.23. The van der Waals surface area contributed by atoms with Gasteiger partial charge in [0.1, 0.15) is 0 Å². The number of amides is 1. The van der Waals surface area contributed by atoms with Crippen molar-refractivity contribution in [3.05, 3.63) is 16.0 Å². The molecule has 0 bridgehead atoms. The van der Waals surface area contributed by atoms with E-state index in [4.69, 9.17) is 10.5 Å². The van der Waals surface area contributed by atoms with E-state index in [9.17, 15) is 4.79 Å². The minimum absolute atomic E-state index is 0.0441. The van der Waals surface area contributed by atoms with Gasteiger partial charge in [0.15, 0.2) is 0 Å². The number of ether oxygens (including phenoxy) is 1. The summed E-state index contributed by atoms with van der Waals surface area (Å²) in [5.74, 6) is 0.0441. The van der Waals surface area contributed by atoms with E-state index in [1.54, 1.807) is 0 Å². The first-order valence-corrected chi connectivity index (χ1v) is 6.15. The highest BCUT2D eigenvalue weighted by Gasteiger charge is 2.24. The fourth-order valence-electron chi connectivity index (χ4n) is 1.84. The van der Waals surface area contributed by atoms with Crippen LogP contribution < -0.4 is 5.73 Å². The van der Waals surface area contributed by atoms with Crippen LogP contribution in [0.3, 0.4) is 0 Å². The number of hydrogen-bond donors (Lipinski definition) is 1. The van der Waals surface area contributed by atoms with E-state index in [2.05, 4.69) is 0 Å². The molecule has 1 aromatic heterocycles. The molecule has 1 aromatic rings. The summed E-state index contributed by atoms with van der Waals surface area (Å²) in [5.41, 5.74) is 7.59. The van der Waals surface area contributed by atoms with Crippen LogP contribution in [0.2, 0.25) is 0 Å². The number of carbonyl (C=O) groups is 1. The SMILES string of the molecule is Cc1sc(N)c(C(=O)N2CCOCC2)c1C. The van der Waals surface area contributed by atoms with Crippen molar-refractivity contribution in [1.29, 1.82) is 0 Å². The minimum Gasteiger partial charge on any atom is -0.390 e. The quantitative estimate of drug-likeness (QED) is 0.807. The maximum absolute atomic E-state index is 12.3. The Kier molecular flexibility index (Phi) is 3.16. The van der Waals surface area contributed by atoms with Crippen LogP contribution in [-0.4, -0.2) is 37.1 Å². The van der Waals surface area contributed by atoms with Crippen molar-refractivity contribution in [2.75, 3.05) is 32.0 Å². The second-order valence-corrected chi connectivity index (χ2v) is 5.18. The largest absolute Gasteiger partial charge is 0.390 e. The molecule has 5 heteroatoms. The number of carbonyl (C=O) groups excluding carboxylic acids is 1. The van der Waals surface area contributed by atoms with Gasteiger partial charge in [0.2, 0.25) is 0 Å². The number of thiophene rings is 1. The average Bonchev–Trinajstić information content (AvgIpc) is 2.54. The van der Waals surface area contributed by atoms with Crippen LogP contribution in [0.25, 0.3) is 0 Å². The van der Waals surface area contributed by atoms with Crippen molar-refractivity contribution >= 4 is 22.2 Å². The molecule has 1 saturated heterocycles. The van der Waals surface area contributed by atoms with Gasteiger partial charge < -0.3 is 15.4 Å². The molecule has 0 spiro atoms. The molecule has 2 N–H and O–H groups in total. The third kappa shape index (κ3) is 1.92. The Hall–Kier alpha value is -1.07. The molecule has 2 heterocycles. The molecule has 2 rings (SSSR count). The van der Waals surface area contributed by atoms with Gasteiger partial charge in [-0.25, -0.2) is 0 Å². The molecule has 0 aliphatic carbocycles. The lowest BCUT2D eigenvalue weighted by atomic mass is 10.1. The zero-order valence-electron chi connectivity index (χ0n) is 9.58. The Balaban J connectivity index is 2.25. The predicted molar refractivity (Wildman–Crippen MR) is 64.9 cm³/mol. The van der Waals surface area contributed by atoms with Crippen LogP contribution in [0, 0.1) is 13.8 Å². The van der Waals surface area contributed by atoms with Crippen molar-refractivity contribution in [2.24, 2.45) is 0 Å². The van der Waals surface area contributed by atoms with Crippen LogP contribution >= 0.6 is 11.3 Å². The van der Waals surface area contributed by atoms with Crippen LogP contribution in [0.5, 0.6) is 0 Å². The predicted octanol–water partition coefficient (Wildman–Crippen LogP) is 1.42. The highest BCUT2D eigenvalue weighted by molar-refractivity contribution is 7.16. The number of nitrogen functional groups attached to an aromatic ring is 1. The average molecular weight is 240 g/mol. The van der Waals surface area contributed by atoms with E-state index in [0.717, 1.165) is 10.4 Å². The first-order valence-electron chi connectivity index (χ1n) is 5.33. The number of hydrogen-bond acceptors (Lipinski definition) is 4. The second kappa shape index (κ2) is 4.43. The van der Waals surface area contributed by atoms with Crippen molar-refractivity contribution < 1.29 is 9.53 Å². The number of morpholine rings is 1. The molecule has 0 unspecified atom stereocenters. The van der Waals surface area contributed by atoms with Gasteiger partial charge in [0.25, 0.3) is 5.91 Å². The summed E-state index contributed by atoms with van der Waals surface area (Å²) in [6, 6.07) is 0. The normalized spacial score (nSPS) is 16.5. The summed E-state index contributed by atoms with van der Waals surface area (Å²) in [4.78, 5) is 15.2. The van der Waals surface area contributed by atoms with Crippen molar-refractivity contribution in [1.82, 2.24) is 4.90 Å². The Labute approximate surface area is 99.0 Å². The third-order valence-electron chi connectivity index (χ3n) is 2.92. The molecular formula is C11H16N2O2S. The zero-order chi connectivity index (χ0) is 11.7. The maximum Gasteiger partial charge on any atom is 0.257 e. The fraction of sp³-hybridized carbons (Fsp3) is 0.545. The molecule has 0 radical (unpaired) electrons. The van der Waals surface area contributed by atoms with Gasteiger partial charge in [-0.05, 0) is 19.4 Å². The van der Waals surface area contributed by atoms with Crippen LogP contribution in [0.1, 0.15) is 20.8 Å². The van der Waals surface area contributed by atoms with E-state index in [1.165, 1.54) is 11.3 Å². The summed E-state index contributed by atoms with van der Waals surface area (Å²) in [6.45, 7) is 6.50. The summed E-state index contributed by atoms with van der Waals surface area (Å²) >= 11 is 1.49. The first-order chi connectivity index (χ1) is 7.61. The molecular weight excluding hydrogens is 224 g/mol. The summed E-state index contributed by atoms with van der Waals surface area (Å²) in [7, 11) is 0. The Morgan fingerprint density at radius 2 is 2.00 bits per heavy atom. The maximum atomic E-state index is 12.3. The van der Waals surface area contributed by atoms with E-state index in [-0.39, 0.29) is 5.91 Å². The highest BCUT2D eigenvalue weighted by Crippen LogP contribution is 2.30. The Morgan fingerprint density at radius 1 is 1.38 bits per heavy atom. The molecule has 0 aromatic carbocycles. The van der Waals surface area contributed by atoms with Gasteiger partial charge in [0.05, 0.1) is 23.8 Å². The lowest BCUT2D eigenvalue weighted by molar-refractivity contribution is 0.0303. The van der Waals surface area contributed by atoms with Gasteiger partial charge >= 0.3 is 0 Å². The highest BCUT2D eigenvalue weighted by atomic mass is 32.1. The van der Waals surface area contributed by atoms with Gasteiger partial charge in [-0.3, -0.25) is 4.79 Å². The van der Waals surface area contributed by atoms with Gasteiger partial charge in [-0.2, -0.15) is 0 Å². The summed E-state index contributed by atoms with van der Waals surface area (Å²) in [5, 5.41) is 0.631. The fourth-order valence-corrected chi connectivity index (χ4v) is 2.77. The third-order valence-corrected chi connectivity index (χ3v) is 3.96. The lowest BCUT2D eigenvalue weighted by Crippen LogP contribution is -2.41. The summed E-state index contributed by atoms with van der Waals surface area (Å²) in [6.07, 6.45) is 0. The Bertz CT molecular complexity index is 408. The van der Waals surface area contributed by atoms with E-state index < -0.39 is 0 Å². The van der Waals surface area contributed by atoms with Crippen molar-refractivity contribution in [3.8, 4) is 0 Å². The number of anilines is 1. The van der Waals surface area contributed by atoms with E-state index >= 15 is 0 Å². The number of nitrogens with zero attached hydrogens (tertiary/aromatic N) is 1. The monoisotopic (exact) mass is 240 g/mol. The minimum atomic E-state index is 0.0441. The molecule has 1 amide bonds. The topological polar surface area (TPSA) is 55.6 Å². The van der Waals surface area contributed by atoms with E-state index in [1.807, 2.05) is 18.7 Å². The van der Waals surface area contributed by atoms with Gasteiger partial charge in [-0.15, -0.1) is 11.3 Å². The molecule has 16 heavy (non-hydrogen) atoms. The van der Waals surface area contributed by atoms with Gasteiger partial charge in [-0.1, -0.05) is 0 Å². The van der Waals surface area contributed by atoms with Crippen molar-refractivity contribution in [3.63, 3.8) is 0 Å². The van der Waals surface area contributed by atoms with Crippen LogP contribution in [-0.2, 0) is 4.74 Å². The number of aryl methyl sites for hydroxylation is 1. The molecule has 4 nitrogen and oxygen atoms in total. The van der Waals surface area contributed by atoms with E-state index in [0.29, 0.717) is 36.9 Å². The smallest absolute Gasteiger partial charge is 0.257 e. The van der Waals surface area contributed by atoms with Crippen LogP contribution in [0.4, 0.5) is 5.00 Å². The second-order valence-electron chi connectivity index (χ2n) is 3.93.